The molecule has 0 radical (unpaired) electrons. The first kappa shape index (κ1) is 12.6. The molecular weight excluding hydrogens is 210 g/mol. The van der Waals surface area contributed by atoms with Crippen LogP contribution in [0.2, 0.25) is 0 Å². The highest BCUT2D eigenvalue weighted by Crippen LogP contribution is 2.37. The van der Waals surface area contributed by atoms with E-state index in [9.17, 15) is 5.11 Å². The Kier molecular flexibility index (Phi) is 4.19. The fourth-order valence-corrected chi connectivity index (χ4v) is 2.76. The normalized spacial score (nSPS) is 25.4. The van der Waals surface area contributed by atoms with Gasteiger partial charge in [-0.25, -0.2) is 0 Å². The second kappa shape index (κ2) is 5.65. The zero-order chi connectivity index (χ0) is 12.3. The molecule has 0 aliphatic heterocycles. The Balaban J connectivity index is 2.18. The van der Waals surface area contributed by atoms with Gasteiger partial charge in [0.05, 0.1) is 6.61 Å². The van der Waals surface area contributed by atoms with E-state index in [0.717, 1.165) is 6.42 Å². The molecule has 3 atom stereocenters. The smallest absolute Gasteiger partial charge is 0.0584 e. The van der Waals surface area contributed by atoms with Crippen molar-refractivity contribution in [3.05, 3.63) is 35.4 Å². The van der Waals surface area contributed by atoms with E-state index in [1.807, 2.05) is 0 Å². The molecule has 0 spiro atoms. The van der Waals surface area contributed by atoms with E-state index in [2.05, 4.69) is 43.4 Å². The molecule has 3 unspecified atom stereocenters. The van der Waals surface area contributed by atoms with E-state index in [4.69, 9.17) is 0 Å². The molecule has 1 aromatic rings. The molecule has 0 saturated carbocycles. The van der Waals surface area contributed by atoms with Crippen molar-refractivity contribution in [1.82, 2.24) is 5.32 Å². The topological polar surface area (TPSA) is 32.3 Å². The monoisotopic (exact) mass is 233 g/mol. The number of hydrogen-bond acceptors (Lipinski definition) is 2. The van der Waals surface area contributed by atoms with Crippen molar-refractivity contribution in [3.8, 4) is 0 Å². The molecule has 0 amide bonds. The molecule has 0 fully saturated rings. The zero-order valence-corrected chi connectivity index (χ0v) is 10.8. The fraction of sp³-hybridized carbons (Fsp3) is 0.600. The number of rotatable bonds is 4. The van der Waals surface area contributed by atoms with Gasteiger partial charge in [-0.1, -0.05) is 38.1 Å². The lowest BCUT2D eigenvalue weighted by molar-refractivity contribution is 0.222. The van der Waals surface area contributed by atoms with Crippen LogP contribution in [0.1, 0.15) is 56.2 Å². The maximum absolute atomic E-state index is 9.29. The second-order valence-corrected chi connectivity index (χ2v) is 5.11. The second-order valence-electron chi connectivity index (χ2n) is 5.11. The van der Waals surface area contributed by atoms with Crippen LogP contribution in [0.4, 0.5) is 0 Å². The number of hydrogen-bond donors (Lipinski definition) is 2. The summed E-state index contributed by atoms with van der Waals surface area (Å²) < 4.78 is 0. The molecule has 0 saturated heterocycles. The lowest BCUT2D eigenvalue weighted by Gasteiger charge is -2.32. The van der Waals surface area contributed by atoms with Crippen molar-refractivity contribution >= 4 is 0 Å². The van der Waals surface area contributed by atoms with Crippen LogP contribution in [0.3, 0.4) is 0 Å². The van der Waals surface area contributed by atoms with Crippen molar-refractivity contribution in [2.75, 3.05) is 6.61 Å². The quantitative estimate of drug-likeness (QED) is 0.838. The van der Waals surface area contributed by atoms with Gasteiger partial charge < -0.3 is 10.4 Å². The molecule has 0 aromatic heterocycles. The molecule has 0 bridgehead atoms. The van der Waals surface area contributed by atoms with Gasteiger partial charge in [0.15, 0.2) is 0 Å². The minimum atomic E-state index is 0.224. The Morgan fingerprint density at radius 3 is 2.65 bits per heavy atom. The Morgan fingerprint density at radius 2 is 2.00 bits per heavy atom. The highest BCUT2D eigenvalue weighted by molar-refractivity contribution is 5.34. The van der Waals surface area contributed by atoms with Crippen LogP contribution in [-0.2, 0) is 0 Å². The Labute approximate surface area is 104 Å². The van der Waals surface area contributed by atoms with Crippen LogP contribution in [-0.4, -0.2) is 17.8 Å². The molecule has 1 aliphatic rings. The number of fused-ring (bicyclic) bond motifs is 1. The van der Waals surface area contributed by atoms with Gasteiger partial charge >= 0.3 is 0 Å². The van der Waals surface area contributed by atoms with Gasteiger partial charge in [-0.3, -0.25) is 0 Å². The SMILES string of the molecule is CCC(CO)NC1CCC(C)c2ccccc21. The Morgan fingerprint density at radius 1 is 1.29 bits per heavy atom. The van der Waals surface area contributed by atoms with Crippen LogP contribution in [0.15, 0.2) is 24.3 Å². The highest BCUT2D eigenvalue weighted by atomic mass is 16.3. The Bertz CT molecular complexity index is 360. The van der Waals surface area contributed by atoms with Crippen LogP contribution in [0.5, 0.6) is 0 Å². The van der Waals surface area contributed by atoms with Crippen molar-refractivity contribution < 1.29 is 5.11 Å². The van der Waals surface area contributed by atoms with Crippen LogP contribution in [0, 0.1) is 0 Å². The molecule has 2 N–H and O–H groups in total. The van der Waals surface area contributed by atoms with Crippen LogP contribution >= 0.6 is 0 Å². The van der Waals surface area contributed by atoms with Gasteiger partial charge in [0, 0.05) is 12.1 Å². The maximum atomic E-state index is 9.29. The summed E-state index contributed by atoms with van der Waals surface area (Å²) in [7, 11) is 0. The molecule has 2 nitrogen and oxygen atoms in total. The molecule has 0 heterocycles. The van der Waals surface area contributed by atoms with E-state index in [-0.39, 0.29) is 12.6 Å². The summed E-state index contributed by atoms with van der Waals surface area (Å²) in [5.74, 6) is 0.665. The number of benzene rings is 1. The van der Waals surface area contributed by atoms with Crippen molar-refractivity contribution in [1.29, 1.82) is 0 Å². The van der Waals surface area contributed by atoms with Gasteiger partial charge in [-0.2, -0.15) is 0 Å². The third kappa shape index (κ3) is 2.70. The van der Waals surface area contributed by atoms with Gasteiger partial charge in [0.2, 0.25) is 0 Å². The van der Waals surface area contributed by atoms with Crippen LogP contribution in [0.25, 0.3) is 0 Å². The van der Waals surface area contributed by atoms with Gasteiger partial charge in [-0.05, 0) is 36.3 Å². The fourth-order valence-electron chi connectivity index (χ4n) is 2.76. The number of aliphatic hydroxyl groups is 1. The molecular formula is C15H23NO. The molecule has 94 valence electrons. The average molecular weight is 233 g/mol. The van der Waals surface area contributed by atoms with E-state index >= 15 is 0 Å². The predicted molar refractivity (Wildman–Crippen MR) is 71.1 cm³/mol. The zero-order valence-electron chi connectivity index (χ0n) is 10.8. The summed E-state index contributed by atoms with van der Waals surface area (Å²) in [6.07, 6.45) is 3.38. The minimum absolute atomic E-state index is 0.224. The van der Waals surface area contributed by atoms with Crippen LogP contribution < -0.4 is 5.32 Å². The van der Waals surface area contributed by atoms with Crippen molar-refractivity contribution in [2.45, 2.75) is 51.1 Å². The summed E-state index contributed by atoms with van der Waals surface area (Å²) in [6, 6.07) is 9.36. The molecule has 1 aliphatic carbocycles. The van der Waals surface area contributed by atoms with Crippen molar-refractivity contribution in [2.24, 2.45) is 0 Å². The summed E-state index contributed by atoms with van der Waals surface area (Å²) in [5, 5.41) is 12.9. The van der Waals surface area contributed by atoms with Gasteiger partial charge in [0.1, 0.15) is 0 Å². The molecule has 1 aromatic carbocycles. The first-order valence-electron chi connectivity index (χ1n) is 6.72. The lowest BCUT2D eigenvalue weighted by atomic mass is 9.81. The first-order chi connectivity index (χ1) is 8.26. The first-order valence-corrected chi connectivity index (χ1v) is 6.72. The van der Waals surface area contributed by atoms with E-state index < -0.39 is 0 Å². The third-order valence-electron chi connectivity index (χ3n) is 3.94. The predicted octanol–water partition coefficient (Wildman–Crippen LogP) is 2.99. The van der Waals surface area contributed by atoms with Crippen molar-refractivity contribution in [3.63, 3.8) is 0 Å². The summed E-state index contributed by atoms with van der Waals surface area (Å²) >= 11 is 0. The lowest BCUT2D eigenvalue weighted by Crippen LogP contribution is -2.37. The van der Waals surface area contributed by atoms with E-state index in [1.54, 1.807) is 0 Å². The largest absolute Gasteiger partial charge is 0.395 e. The van der Waals surface area contributed by atoms with E-state index in [1.165, 1.54) is 24.0 Å². The summed E-state index contributed by atoms with van der Waals surface area (Å²) in [5.41, 5.74) is 2.90. The number of nitrogens with one attached hydrogen (secondary N) is 1. The standard InChI is InChI=1S/C15H23NO/c1-3-12(10-17)16-15-9-8-11(2)13-6-4-5-7-14(13)15/h4-7,11-12,15-17H,3,8-10H2,1-2H3. The van der Waals surface area contributed by atoms with Gasteiger partial charge in [-0.15, -0.1) is 0 Å². The van der Waals surface area contributed by atoms with Gasteiger partial charge in [0.25, 0.3) is 0 Å². The molecule has 17 heavy (non-hydrogen) atoms. The Hall–Kier alpha value is -0.860. The maximum Gasteiger partial charge on any atom is 0.0584 e. The third-order valence-corrected chi connectivity index (χ3v) is 3.94. The highest BCUT2D eigenvalue weighted by Gasteiger charge is 2.25. The molecule has 2 rings (SSSR count). The molecule has 2 heteroatoms. The van der Waals surface area contributed by atoms with E-state index in [0.29, 0.717) is 12.0 Å². The summed E-state index contributed by atoms with van der Waals surface area (Å²) in [4.78, 5) is 0. The average Bonchev–Trinajstić information content (AvgIpc) is 2.38. The minimum Gasteiger partial charge on any atom is -0.395 e. The summed E-state index contributed by atoms with van der Waals surface area (Å²) in [6.45, 7) is 4.65. The number of aliphatic hydroxyl groups excluding tert-OH is 1.